The first-order chi connectivity index (χ1) is 13.2. The lowest BCUT2D eigenvalue weighted by Gasteiger charge is -2.35. The van der Waals surface area contributed by atoms with Crippen LogP contribution in [0.2, 0.25) is 0 Å². The third-order valence-corrected chi connectivity index (χ3v) is 5.65. The summed E-state index contributed by atoms with van der Waals surface area (Å²) in [4.78, 5) is 22.0. The molecule has 1 aliphatic heterocycles. The molecule has 1 amide bonds. The van der Waals surface area contributed by atoms with E-state index in [4.69, 9.17) is 10.5 Å². The van der Waals surface area contributed by atoms with Crippen molar-refractivity contribution in [2.24, 2.45) is 5.73 Å². The number of rotatable bonds is 8. The molecule has 2 aromatic rings. The lowest BCUT2D eigenvalue weighted by molar-refractivity contribution is 0.0227. The minimum atomic E-state index is -0.0147. The second-order valence-electron chi connectivity index (χ2n) is 6.85. The van der Waals surface area contributed by atoms with E-state index in [1.54, 1.807) is 0 Å². The summed E-state index contributed by atoms with van der Waals surface area (Å²) in [6.45, 7) is 7.41. The van der Waals surface area contributed by atoms with Crippen LogP contribution >= 0.6 is 36.2 Å². The first-order valence-corrected chi connectivity index (χ1v) is 10.3. The summed E-state index contributed by atoms with van der Waals surface area (Å²) in [5, 5.41) is 2.77. The average Bonchev–Trinajstić information content (AvgIpc) is 3.16. The second-order valence-corrected chi connectivity index (χ2v) is 7.79. The fraction of sp³-hybridized carbons (Fsp3) is 0.500. The van der Waals surface area contributed by atoms with Gasteiger partial charge < -0.3 is 15.4 Å². The molecule has 1 unspecified atom stereocenters. The second kappa shape index (κ2) is 13.2. The van der Waals surface area contributed by atoms with Gasteiger partial charge in [-0.15, -0.1) is 36.2 Å². The van der Waals surface area contributed by atoms with E-state index in [0.717, 1.165) is 43.4 Å². The maximum Gasteiger partial charge on any atom is 0.273 e. The summed E-state index contributed by atoms with van der Waals surface area (Å²) in [5.74, 6) is -0.0147. The molecule has 0 saturated carbocycles. The van der Waals surface area contributed by atoms with Gasteiger partial charge in [-0.1, -0.05) is 30.3 Å². The zero-order valence-electron chi connectivity index (χ0n) is 16.7. The molecular weight excluding hydrogens is 431 g/mol. The number of thiazole rings is 1. The van der Waals surface area contributed by atoms with Gasteiger partial charge in [0.1, 0.15) is 5.69 Å². The van der Waals surface area contributed by atoms with E-state index < -0.39 is 0 Å². The Morgan fingerprint density at radius 3 is 2.62 bits per heavy atom. The minimum Gasteiger partial charge on any atom is -0.379 e. The summed E-state index contributed by atoms with van der Waals surface area (Å²) in [5.41, 5.74) is 7.26. The molecule has 1 aromatic carbocycles. The van der Waals surface area contributed by atoms with E-state index in [-0.39, 0.29) is 36.8 Å². The van der Waals surface area contributed by atoms with Crippen molar-refractivity contribution in [2.75, 3.05) is 39.4 Å². The van der Waals surface area contributed by atoms with Crippen molar-refractivity contribution in [3.8, 4) is 0 Å². The van der Waals surface area contributed by atoms with Gasteiger partial charge >= 0.3 is 0 Å². The normalized spacial score (nSPS) is 15.1. The molecule has 0 aliphatic carbocycles. The fourth-order valence-electron chi connectivity index (χ4n) is 3.26. The number of amides is 1. The quantitative estimate of drug-likeness (QED) is 0.655. The van der Waals surface area contributed by atoms with Gasteiger partial charge in [-0.25, -0.2) is 4.98 Å². The topological polar surface area (TPSA) is 71.7 Å². The van der Waals surface area contributed by atoms with E-state index >= 15 is 0 Å². The lowest BCUT2D eigenvalue weighted by Crippen LogP contribution is -2.48. The van der Waals surface area contributed by atoms with Crippen molar-refractivity contribution >= 4 is 42.1 Å². The third kappa shape index (κ3) is 7.51. The summed E-state index contributed by atoms with van der Waals surface area (Å²) >= 11 is 1.51. The molecule has 162 valence electrons. The number of carbonyl (C=O) groups is 1. The Morgan fingerprint density at radius 1 is 1.28 bits per heavy atom. The highest BCUT2D eigenvalue weighted by molar-refractivity contribution is 7.09. The van der Waals surface area contributed by atoms with Crippen molar-refractivity contribution in [1.29, 1.82) is 0 Å². The maximum atomic E-state index is 13.2. The summed E-state index contributed by atoms with van der Waals surface area (Å²) < 4.78 is 5.44. The van der Waals surface area contributed by atoms with Gasteiger partial charge in [0.15, 0.2) is 0 Å². The number of hydrogen-bond acceptors (Lipinski definition) is 6. The first-order valence-electron chi connectivity index (χ1n) is 9.47. The summed E-state index contributed by atoms with van der Waals surface area (Å²) in [6, 6.07) is 10.2. The van der Waals surface area contributed by atoms with Gasteiger partial charge in [0.25, 0.3) is 5.91 Å². The van der Waals surface area contributed by atoms with Gasteiger partial charge in [0, 0.05) is 44.0 Å². The van der Waals surface area contributed by atoms with E-state index in [0.29, 0.717) is 25.2 Å². The Kier molecular flexibility index (Phi) is 11.7. The van der Waals surface area contributed by atoms with Crippen LogP contribution < -0.4 is 5.73 Å². The monoisotopic (exact) mass is 460 g/mol. The smallest absolute Gasteiger partial charge is 0.273 e. The van der Waals surface area contributed by atoms with Crippen LogP contribution in [0.25, 0.3) is 0 Å². The Balaban J connectivity index is 0.00000210. The molecule has 1 aliphatic rings. The number of hydrogen-bond donors (Lipinski definition) is 1. The number of nitrogens with zero attached hydrogens (tertiary/aromatic N) is 3. The van der Waals surface area contributed by atoms with Crippen molar-refractivity contribution in [2.45, 2.75) is 25.9 Å². The minimum absolute atomic E-state index is 0. The molecule has 2 heterocycles. The fourth-order valence-corrected chi connectivity index (χ4v) is 4.05. The number of halogens is 2. The molecule has 6 nitrogen and oxygen atoms in total. The molecule has 29 heavy (non-hydrogen) atoms. The first kappa shape index (κ1) is 25.8. The van der Waals surface area contributed by atoms with Gasteiger partial charge in [0.05, 0.1) is 18.2 Å². The molecule has 0 spiro atoms. The maximum absolute atomic E-state index is 13.2. The third-order valence-electron chi connectivity index (χ3n) is 4.74. The van der Waals surface area contributed by atoms with Gasteiger partial charge in [0.2, 0.25) is 0 Å². The van der Waals surface area contributed by atoms with E-state index in [2.05, 4.69) is 28.9 Å². The Bertz CT molecular complexity index is 726. The Morgan fingerprint density at radius 2 is 1.97 bits per heavy atom. The molecule has 1 fully saturated rings. The van der Waals surface area contributed by atoms with Crippen LogP contribution in [0.15, 0.2) is 35.7 Å². The molecule has 0 bridgehead atoms. The zero-order valence-corrected chi connectivity index (χ0v) is 19.1. The van der Waals surface area contributed by atoms with Crippen LogP contribution in [-0.2, 0) is 17.7 Å². The van der Waals surface area contributed by atoms with Gasteiger partial charge in [-0.05, 0) is 19.0 Å². The highest BCUT2D eigenvalue weighted by Gasteiger charge is 2.26. The number of nitrogens with two attached hydrogens (primary N) is 1. The van der Waals surface area contributed by atoms with Crippen LogP contribution in [0.3, 0.4) is 0 Å². The zero-order chi connectivity index (χ0) is 19.1. The lowest BCUT2D eigenvalue weighted by atomic mass is 10.1. The highest BCUT2D eigenvalue weighted by atomic mass is 35.5. The number of aromatic nitrogens is 1. The number of benzene rings is 1. The molecule has 1 aromatic heterocycles. The summed E-state index contributed by atoms with van der Waals surface area (Å²) in [7, 11) is 0. The SMILES string of the molecule is CC(CN1CCOCC1)N(Cc1ccccc1)C(=O)c1csc(CCN)n1.Cl.Cl. The molecule has 9 heteroatoms. The van der Waals surface area contributed by atoms with Crippen molar-refractivity contribution < 1.29 is 9.53 Å². The number of carbonyl (C=O) groups excluding carboxylic acids is 1. The van der Waals surface area contributed by atoms with Crippen molar-refractivity contribution in [3.63, 3.8) is 0 Å². The van der Waals surface area contributed by atoms with Crippen molar-refractivity contribution in [1.82, 2.24) is 14.8 Å². The van der Waals surface area contributed by atoms with E-state index in [1.807, 2.05) is 28.5 Å². The van der Waals surface area contributed by atoms with Crippen LogP contribution in [0, 0.1) is 0 Å². The van der Waals surface area contributed by atoms with E-state index in [1.165, 1.54) is 11.3 Å². The Labute approximate surface area is 189 Å². The van der Waals surface area contributed by atoms with Gasteiger partial charge in [-0.2, -0.15) is 0 Å². The molecule has 2 N–H and O–H groups in total. The molecule has 1 saturated heterocycles. The van der Waals surface area contributed by atoms with Crippen LogP contribution in [-0.4, -0.2) is 66.1 Å². The summed E-state index contributed by atoms with van der Waals surface area (Å²) in [6.07, 6.45) is 0.708. The molecule has 1 atom stereocenters. The van der Waals surface area contributed by atoms with Crippen molar-refractivity contribution in [3.05, 3.63) is 52.0 Å². The van der Waals surface area contributed by atoms with Gasteiger partial charge in [-0.3, -0.25) is 9.69 Å². The molecule has 0 radical (unpaired) electrons. The molecule has 3 rings (SSSR count). The van der Waals surface area contributed by atoms with Crippen LogP contribution in [0.5, 0.6) is 0 Å². The predicted molar refractivity (Wildman–Crippen MR) is 122 cm³/mol. The largest absolute Gasteiger partial charge is 0.379 e. The standard InChI is InChI=1S/C20H28N4O2S.2ClH/c1-16(13-23-9-11-26-12-10-23)24(14-17-5-3-2-4-6-17)20(25)18-15-27-19(22-18)7-8-21;;/h2-6,15-16H,7-14,21H2,1H3;2*1H. The molecular formula is C20H30Cl2N4O2S. The van der Waals surface area contributed by atoms with Crippen LogP contribution in [0.1, 0.15) is 28.0 Å². The van der Waals surface area contributed by atoms with Crippen LogP contribution in [0.4, 0.5) is 0 Å². The van der Waals surface area contributed by atoms with E-state index in [9.17, 15) is 4.79 Å². The average molecular weight is 461 g/mol. The highest BCUT2D eigenvalue weighted by Crippen LogP contribution is 2.17. The Hall–Kier alpha value is -1.22. The number of ether oxygens (including phenoxy) is 1. The predicted octanol–water partition coefficient (Wildman–Crippen LogP) is 2.85. The number of morpholine rings is 1.